The first-order valence-electron chi connectivity index (χ1n) is 6.41. The number of aryl methyl sites for hydroxylation is 1. The highest BCUT2D eigenvalue weighted by atomic mass is 79.9. The monoisotopic (exact) mass is 456 g/mol. The van der Waals surface area contributed by atoms with E-state index in [2.05, 4.69) is 25.8 Å². The van der Waals surface area contributed by atoms with Crippen LogP contribution in [-0.4, -0.2) is 26.1 Å². The van der Waals surface area contributed by atoms with Crippen molar-refractivity contribution in [2.45, 2.75) is 18.4 Å². The molecule has 24 heavy (non-hydrogen) atoms. The molecule has 0 bridgehead atoms. The SMILES string of the molecule is Cc1cc(COC(=O)CNS(=O)(=O)c2c(Cl)cc(Br)cc2Cl)no1. The molecule has 0 aliphatic carbocycles. The second kappa shape index (κ2) is 7.83. The van der Waals surface area contributed by atoms with Crippen LogP contribution in [0.1, 0.15) is 11.5 Å². The largest absolute Gasteiger partial charge is 0.458 e. The third-order valence-corrected chi connectivity index (χ3v) is 5.48. The van der Waals surface area contributed by atoms with Crippen molar-refractivity contribution in [2.24, 2.45) is 0 Å². The fraction of sp³-hybridized carbons (Fsp3) is 0.231. The molecule has 0 saturated heterocycles. The fourth-order valence-electron chi connectivity index (χ4n) is 1.70. The summed E-state index contributed by atoms with van der Waals surface area (Å²) in [4.78, 5) is 11.3. The lowest BCUT2D eigenvalue weighted by Crippen LogP contribution is -2.31. The molecule has 0 amide bonds. The summed E-state index contributed by atoms with van der Waals surface area (Å²) in [6.45, 7) is 0.984. The topological polar surface area (TPSA) is 98.5 Å². The molecule has 1 aromatic carbocycles. The minimum atomic E-state index is -4.08. The first-order chi connectivity index (χ1) is 11.2. The zero-order valence-corrected chi connectivity index (χ0v) is 16.1. The summed E-state index contributed by atoms with van der Waals surface area (Å²) in [5.41, 5.74) is 0.419. The fourth-order valence-corrected chi connectivity index (χ4v) is 4.60. The van der Waals surface area contributed by atoms with E-state index in [0.29, 0.717) is 15.9 Å². The molecule has 7 nitrogen and oxygen atoms in total. The maximum atomic E-state index is 12.2. The molecule has 0 aliphatic rings. The number of hydrogen-bond donors (Lipinski definition) is 1. The number of esters is 1. The molecule has 1 N–H and O–H groups in total. The Balaban J connectivity index is 1.98. The van der Waals surface area contributed by atoms with Crippen molar-refractivity contribution in [3.8, 4) is 0 Å². The Morgan fingerprint density at radius 3 is 2.50 bits per heavy atom. The van der Waals surface area contributed by atoms with E-state index >= 15 is 0 Å². The van der Waals surface area contributed by atoms with Crippen LogP contribution in [0.4, 0.5) is 0 Å². The van der Waals surface area contributed by atoms with Crippen molar-refractivity contribution in [3.05, 3.63) is 44.2 Å². The third-order valence-electron chi connectivity index (χ3n) is 2.70. The molecule has 1 aromatic heterocycles. The average Bonchev–Trinajstić information content (AvgIpc) is 2.87. The number of sulfonamides is 1. The average molecular weight is 458 g/mol. The Bertz CT molecular complexity index is 846. The molecular weight excluding hydrogens is 447 g/mol. The van der Waals surface area contributed by atoms with E-state index in [0.717, 1.165) is 0 Å². The van der Waals surface area contributed by atoms with Gasteiger partial charge in [-0.2, -0.15) is 4.72 Å². The second-order valence-electron chi connectivity index (χ2n) is 4.61. The minimum Gasteiger partial charge on any atom is -0.458 e. The number of ether oxygens (including phenoxy) is 1. The molecule has 0 atom stereocenters. The van der Waals surface area contributed by atoms with Crippen LogP contribution in [0.15, 0.2) is 32.1 Å². The zero-order valence-electron chi connectivity index (χ0n) is 12.2. The van der Waals surface area contributed by atoms with Gasteiger partial charge >= 0.3 is 5.97 Å². The molecule has 0 fully saturated rings. The third kappa shape index (κ3) is 4.93. The van der Waals surface area contributed by atoms with Gasteiger partial charge in [-0.05, 0) is 19.1 Å². The first kappa shape index (κ1) is 19.2. The van der Waals surface area contributed by atoms with E-state index in [-0.39, 0.29) is 21.5 Å². The van der Waals surface area contributed by atoms with Gasteiger partial charge < -0.3 is 9.26 Å². The van der Waals surface area contributed by atoms with Crippen LogP contribution in [-0.2, 0) is 26.2 Å². The first-order valence-corrected chi connectivity index (χ1v) is 9.44. The van der Waals surface area contributed by atoms with Crippen molar-refractivity contribution in [3.63, 3.8) is 0 Å². The molecule has 130 valence electrons. The van der Waals surface area contributed by atoms with Gasteiger partial charge in [-0.3, -0.25) is 4.79 Å². The molecule has 2 aromatic rings. The number of benzene rings is 1. The van der Waals surface area contributed by atoms with Crippen molar-refractivity contribution >= 4 is 55.1 Å². The number of nitrogens with one attached hydrogen (secondary N) is 1. The maximum Gasteiger partial charge on any atom is 0.321 e. The van der Waals surface area contributed by atoms with E-state index in [1.54, 1.807) is 13.0 Å². The van der Waals surface area contributed by atoms with Gasteiger partial charge in [0.1, 0.15) is 29.5 Å². The number of aromatic nitrogens is 1. The normalized spacial score (nSPS) is 11.5. The summed E-state index contributed by atoms with van der Waals surface area (Å²) in [7, 11) is -4.08. The molecule has 1 heterocycles. The van der Waals surface area contributed by atoms with Gasteiger partial charge in [-0.25, -0.2) is 8.42 Å². The number of halogens is 3. The lowest BCUT2D eigenvalue weighted by atomic mass is 10.4. The van der Waals surface area contributed by atoms with Crippen LogP contribution in [0.3, 0.4) is 0 Å². The quantitative estimate of drug-likeness (QED) is 0.669. The Kier molecular flexibility index (Phi) is 6.27. The van der Waals surface area contributed by atoms with Crippen molar-refractivity contribution < 1.29 is 22.5 Å². The van der Waals surface area contributed by atoms with Gasteiger partial charge in [0.15, 0.2) is 0 Å². The van der Waals surface area contributed by atoms with Crippen LogP contribution in [0.5, 0.6) is 0 Å². The number of hydrogen-bond acceptors (Lipinski definition) is 6. The van der Waals surface area contributed by atoms with Crippen molar-refractivity contribution in [1.29, 1.82) is 0 Å². The smallest absolute Gasteiger partial charge is 0.321 e. The molecule has 11 heteroatoms. The highest BCUT2D eigenvalue weighted by molar-refractivity contribution is 9.10. The van der Waals surface area contributed by atoms with Gasteiger partial charge in [-0.1, -0.05) is 44.3 Å². The van der Waals surface area contributed by atoms with Gasteiger partial charge in [0.2, 0.25) is 10.0 Å². The summed E-state index contributed by atoms with van der Waals surface area (Å²) in [5.74, 6) is -0.218. The van der Waals surface area contributed by atoms with Crippen molar-refractivity contribution in [2.75, 3.05) is 6.54 Å². The van der Waals surface area contributed by atoms with Crippen LogP contribution in [0, 0.1) is 6.92 Å². The highest BCUT2D eigenvalue weighted by Crippen LogP contribution is 2.32. The standard InChI is InChI=1S/C13H11BrCl2N2O5S/c1-7-2-9(18-23-7)6-22-12(19)5-17-24(20,21)13-10(15)3-8(14)4-11(13)16/h2-4,17H,5-6H2,1H3. The van der Waals surface area contributed by atoms with Gasteiger partial charge in [0.25, 0.3) is 0 Å². The Labute approximate surface area is 156 Å². The molecular formula is C13H11BrCl2N2O5S. The summed E-state index contributed by atoms with van der Waals surface area (Å²) < 4.78 is 36.8. The summed E-state index contributed by atoms with van der Waals surface area (Å²) in [6.07, 6.45) is 0. The summed E-state index contributed by atoms with van der Waals surface area (Å²) in [6, 6.07) is 4.36. The van der Waals surface area contributed by atoms with E-state index < -0.39 is 22.5 Å². The number of rotatable bonds is 6. The highest BCUT2D eigenvalue weighted by Gasteiger charge is 2.23. The lowest BCUT2D eigenvalue weighted by Gasteiger charge is -2.10. The van der Waals surface area contributed by atoms with Crippen molar-refractivity contribution in [1.82, 2.24) is 9.88 Å². The summed E-state index contributed by atoms with van der Waals surface area (Å²) in [5, 5.41) is 3.49. The zero-order chi connectivity index (χ0) is 17.9. The van der Waals surface area contributed by atoms with E-state index in [9.17, 15) is 13.2 Å². The summed E-state index contributed by atoms with van der Waals surface area (Å²) >= 11 is 15.0. The van der Waals surface area contributed by atoms with Gasteiger partial charge in [0.05, 0.1) is 10.0 Å². The maximum absolute atomic E-state index is 12.2. The second-order valence-corrected chi connectivity index (χ2v) is 8.05. The molecule has 0 unspecified atom stereocenters. The van der Waals surface area contributed by atoms with E-state index in [1.807, 2.05) is 0 Å². The molecule has 0 saturated carbocycles. The Morgan fingerprint density at radius 1 is 1.33 bits per heavy atom. The minimum absolute atomic E-state index is 0.0756. The number of nitrogens with zero attached hydrogens (tertiary/aromatic N) is 1. The van der Waals surface area contributed by atoms with Crippen LogP contribution in [0.2, 0.25) is 10.0 Å². The molecule has 0 spiro atoms. The molecule has 2 rings (SSSR count). The number of carbonyl (C=O) groups excluding carboxylic acids is 1. The van der Waals surface area contributed by atoms with Gasteiger partial charge in [-0.15, -0.1) is 0 Å². The molecule has 0 radical (unpaired) electrons. The Hall–Kier alpha value is -1.13. The van der Waals surface area contributed by atoms with E-state index in [4.69, 9.17) is 32.5 Å². The van der Waals surface area contributed by atoms with Crippen LogP contribution >= 0.6 is 39.1 Å². The van der Waals surface area contributed by atoms with Gasteiger partial charge in [0, 0.05) is 10.5 Å². The number of carbonyl (C=O) groups is 1. The predicted octanol–water partition coefficient (Wildman–Crippen LogP) is 3.07. The van der Waals surface area contributed by atoms with Crippen LogP contribution in [0.25, 0.3) is 0 Å². The lowest BCUT2D eigenvalue weighted by molar-refractivity contribution is -0.143. The molecule has 0 aliphatic heterocycles. The van der Waals surface area contributed by atoms with E-state index in [1.165, 1.54) is 12.1 Å². The predicted molar refractivity (Wildman–Crippen MR) is 90.4 cm³/mol. The Morgan fingerprint density at radius 2 is 1.96 bits per heavy atom. The van der Waals surface area contributed by atoms with Crippen LogP contribution < -0.4 is 4.72 Å².